The minimum absolute atomic E-state index is 0.365. The monoisotopic (exact) mass is 274 g/mol. The van der Waals surface area contributed by atoms with Crippen molar-refractivity contribution < 1.29 is 8.42 Å². The van der Waals surface area contributed by atoms with Crippen molar-refractivity contribution in [3.05, 3.63) is 0 Å². The molecule has 0 aromatic rings. The highest BCUT2D eigenvalue weighted by atomic mass is 32.2. The fraction of sp³-hybridized carbons (Fsp3) is 1.00. The van der Waals surface area contributed by atoms with E-state index < -0.39 is 9.84 Å². The molecular formula is C13H26N2O2S. The Balaban J connectivity index is 1.75. The normalized spacial score (nSPS) is 29.2. The summed E-state index contributed by atoms with van der Waals surface area (Å²) in [6.07, 6.45) is 4.06. The summed E-state index contributed by atoms with van der Waals surface area (Å²) < 4.78 is 22.7. The van der Waals surface area contributed by atoms with Crippen LogP contribution in [0.25, 0.3) is 0 Å². The third-order valence-electron chi connectivity index (χ3n) is 4.57. The molecule has 2 heterocycles. The molecule has 106 valence electrons. The van der Waals surface area contributed by atoms with Crippen LogP contribution in [-0.2, 0) is 9.84 Å². The quantitative estimate of drug-likeness (QED) is 0.830. The van der Waals surface area contributed by atoms with E-state index in [0.29, 0.717) is 23.0 Å². The molecule has 2 saturated heterocycles. The lowest BCUT2D eigenvalue weighted by molar-refractivity contribution is 0.132. The second kappa shape index (κ2) is 5.47. The molecule has 0 bridgehead atoms. The lowest BCUT2D eigenvalue weighted by Gasteiger charge is -2.39. The molecule has 0 unspecified atom stereocenters. The predicted octanol–water partition coefficient (Wildman–Crippen LogP) is 0.885. The number of piperidine rings is 1. The summed E-state index contributed by atoms with van der Waals surface area (Å²) in [5.74, 6) is 0.730. The average Bonchev–Trinajstić information content (AvgIpc) is 2.32. The Morgan fingerprint density at radius 3 is 2.33 bits per heavy atom. The van der Waals surface area contributed by atoms with Gasteiger partial charge in [-0.15, -0.1) is 0 Å². The molecule has 0 saturated carbocycles. The van der Waals surface area contributed by atoms with Crippen LogP contribution in [0.5, 0.6) is 0 Å². The van der Waals surface area contributed by atoms with Crippen LogP contribution in [-0.4, -0.2) is 57.5 Å². The molecule has 2 fully saturated rings. The zero-order chi connectivity index (χ0) is 13.2. The van der Waals surface area contributed by atoms with Gasteiger partial charge in [-0.05, 0) is 51.2 Å². The van der Waals surface area contributed by atoms with Crippen molar-refractivity contribution in [2.24, 2.45) is 5.41 Å². The molecule has 0 atom stereocenters. The number of hydrogen-bond donors (Lipinski definition) is 1. The van der Waals surface area contributed by atoms with E-state index in [1.165, 1.54) is 25.9 Å². The number of nitrogens with zero attached hydrogens (tertiary/aromatic N) is 1. The van der Waals surface area contributed by atoms with Crippen LogP contribution in [0.4, 0.5) is 0 Å². The summed E-state index contributed by atoms with van der Waals surface area (Å²) in [6, 6.07) is 0.407. The first-order valence-corrected chi connectivity index (χ1v) is 8.83. The van der Waals surface area contributed by atoms with E-state index >= 15 is 0 Å². The van der Waals surface area contributed by atoms with Gasteiger partial charge in [0.05, 0.1) is 11.5 Å². The largest absolute Gasteiger partial charge is 0.313 e. The molecule has 0 aromatic heterocycles. The van der Waals surface area contributed by atoms with Crippen molar-refractivity contribution in [1.29, 1.82) is 0 Å². The summed E-state index contributed by atoms with van der Waals surface area (Å²) in [5, 5.41) is 3.60. The van der Waals surface area contributed by atoms with Crippen LogP contribution in [0.2, 0.25) is 0 Å². The molecule has 2 rings (SSSR count). The fourth-order valence-corrected chi connectivity index (χ4v) is 4.31. The fourth-order valence-electron chi connectivity index (χ4n) is 2.82. The standard InChI is InChI=1S/C13H26N2O2S/c1-13(5-7-15(2)8-6-13)11-14-12-3-9-18(16,17)10-4-12/h12,14H,3-11H2,1-2H3. The Morgan fingerprint density at radius 1 is 1.22 bits per heavy atom. The lowest BCUT2D eigenvalue weighted by Crippen LogP contribution is -2.46. The van der Waals surface area contributed by atoms with Gasteiger partial charge in [0.15, 0.2) is 0 Å². The third-order valence-corrected chi connectivity index (χ3v) is 6.28. The first-order valence-electron chi connectivity index (χ1n) is 7.01. The lowest BCUT2D eigenvalue weighted by atomic mass is 9.80. The van der Waals surface area contributed by atoms with Crippen LogP contribution < -0.4 is 5.32 Å². The minimum atomic E-state index is -2.73. The number of hydrogen-bond acceptors (Lipinski definition) is 4. The summed E-state index contributed by atoms with van der Waals surface area (Å²) in [4.78, 5) is 2.38. The van der Waals surface area contributed by atoms with Crippen molar-refractivity contribution >= 4 is 9.84 Å². The van der Waals surface area contributed by atoms with Gasteiger partial charge in [-0.2, -0.15) is 0 Å². The third kappa shape index (κ3) is 3.93. The second-order valence-corrected chi connectivity index (χ2v) is 8.72. The molecule has 5 heteroatoms. The summed E-state index contributed by atoms with van der Waals surface area (Å²) in [6.45, 7) is 5.74. The summed E-state index contributed by atoms with van der Waals surface area (Å²) >= 11 is 0. The van der Waals surface area contributed by atoms with Crippen molar-refractivity contribution in [3.63, 3.8) is 0 Å². The van der Waals surface area contributed by atoms with Crippen LogP contribution >= 0.6 is 0 Å². The molecule has 18 heavy (non-hydrogen) atoms. The molecule has 0 aliphatic carbocycles. The van der Waals surface area contributed by atoms with E-state index in [0.717, 1.165) is 19.4 Å². The number of nitrogens with one attached hydrogen (secondary N) is 1. The Bertz CT molecular complexity index is 358. The van der Waals surface area contributed by atoms with Gasteiger partial charge in [0.2, 0.25) is 0 Å². The first kappa shape index (κ1) is 14.3. The molecular weight excluding hydrogens is 248 g/mol. The van der Waals surface area contributed by atoms with Crippen molar-refractivity contribution in [1.82, 2.24) is 10.2 Å². The zero-order valence-corrected chi connectivity index (χ0v) is 12.4. The minimum Gasteiger partial charge on any atom is -0.313 e. The van der Waals surface area contributed by atoms with E-state index in [-0.39, 0.29) is 0 Å². The maximum absolute atomic E-state index is 11.4. The van der Waals surface area contributed by atoms with Crippen molar-refractivity contribution in [3.8, 4) is 0 Å². The van der Waals surface area contributed by atoms with Gasteiger partial charge in [-0.25, -0.2) is 8.42 Å². The molecule has 2 aliphatic rings. The topological polar surface area (TPSA) is 49.4 Å². The Hall–Kier alpha value is -0.130. The maximum atomic E-state index is 11.4. The van der Waals surface area contributed by atoms with Gasteiger partial charge >= 0.3 is 0 Å². The van der Waals surface area contributed by atoms with Crippen LogP contribution in [0.15, 0.2) is 0 Å². The second-order valence-electron chi connectivity index (χ2n) is 6.42. The van der Waals surface area contributed by atoms with Gasteiger partial charge in [-0.3, -0.25) is 0 Å². The highest BCUT2D eigenvalue weighted by Gasteiger charge is 2.30. The van der Waals surface area contributed by atoms with Crippen molar-refractivity contribution in [2.45, 2.75) is 38.6 Å². The summed E-state index contributed by atoms with van der Waals surface area (Å²) in [7, 11) is -0.548. The van der Waals surface area contributed by atoms with Gasteiger partial charge in [0.1, 0.15) is 9.84 Å². The van der Waals surface area contributed by atoms with Crippen LogP contribution in [0.3, 0.4) is 0 Å². The zero-order valence-electron chi connectivity index (χ0n) is 11.6. The highest BCUT2D eigenvalue weighted by molar-refractivity contribution is 7.91. The molecule has 0 amide bonds. The number of sulfone groups is 1. The van der Waals surface area contributed by atoms with E-state index in [1.807, 2.05) is 0 Å². The molecule has 2 aliphatic heterocycles. The van der Waals surface area contributed by atoms with Gasteiger partial charge < -0.3 is 10.2 Å². The Labute approximate surface area is 111 Å². The molecule has 0 radical (unpaired) electrons. The molecule has 0 aromatic carbocycles. The van der Waals surface area contributed by atoms with Crippen LogP contribution in [0.1, 0.15) is 32.6 Å². The van der Waals surface area contributed by atoms with Gasteiger partial charge in [0, 0.05) is 12.6 Å². The first-order chi connectivity index (χ1) is 8.39. The van der Waals surface area contributed by atoms with E-state index in [9.17, 15) is 8.42 Å². The summed E-state index contributed by atoms with van der Waals surface area (Å²) in [5.41, 5.74) is 0.392. The van der Waals surface area contributed by atoms with E-state index in [2.05, 4.69) is 24.2 Å². The van der Waals surface area contributed by atoms with Gasteiger partial charge in [-0.1, -0.05) is 6.92 Å². The maximum Gasteiger partial charge on any atom is 0.150 e. The Morgan fingerprint density at radius 2 is 1.78 bits per heavy atom. The highest BCUT2D eigenvalue weighted by Crippen LogP contribution is 2.29. The van der Waals surface area contributed by atoms with Crippen LogP contribution in [0, 0.1) is 5.41 Å². The van der Waals surface area contributed by atoms with Gasteiger partial charge in [0.25, 0.3) is 0 Å². The molecule has 0 spiro atoms. The average molecular weight is 274 g/mol. The predicted molar refractivity (Wildman–Crippen MR) is 74.5 cm³/mol. The Kier molecular flexibility index (Phi) is 4.34. The van der Waals surface area contributed by atoms with E-state index in [1.54, 1.807) is 0 Å². The smallest absolute Gasteiger partial charge is 0.150 e. The van der Waals surface area contributed by atoms with Crippen molar-refractivity contribution in [2.75, 3.05) is 38.2 Å². The SMILES string of the molecule is CN1CCC(C)(CNC2CCS(=O)(=O)CC2)CC1. The number of rotatable bonds is 3. The van der Waals surface area contributed by atoms with E-state index in [4.69, 9.17) is 0 Å². The number of likely N-dealkylation sites (tertiary alicyclic amines) is 1. The molecule has 1 N–H and O–H groups in total. The molecule has 4 nitrogen and oxygen atoms in total.